The van der Waals surface area contributed by atoms with Crippen LogP contribution >= 0.6 is 11.3 Å². The van der Waals surface area contributed by atoms with Crippen molar-refractivity contribution in [2.24, 2.45) is 0 Å². The second-order valence-electron chi connectivity index (χ2n) is 3.49. The molecule has 0 saturated heterocycles. The van der Waals surface area contributed by atoms with Crippen LogP contribution in [0.1, 0.15) is 15.2 Å². The molecular weight excluding hydrogens is 250 g/mol. The molecule has 1 aromatic heterocycles. The van der Waals surface area contributed by atoms with E-state index in [4.69, 9.17) is 10.4 Å². The van der Waals surface area contributed by atoms with E-state index in [1.54, 1.807) is 0 Å². The summed E-state index contributed by atoms with van der Waals surface area (Å²) in [5, 5.41) is 20.9. The van der Waals surface area contributed by atoms with E-state index in [0.29, 0.717) is 11.6 Å². The van der Waals surface area contributed by atoms with Crippen LogP contribution in [0.15, 0.2) is 30.5 Å². The minimum atomic E-state index is -0.982. The van der Waals surface area contributed by atoms with Crippen molar-refractivity contribution >= 4 is 28.1 Å². The maximum Gasteiger partial charge on any atom is 0.347 e. The van der Waals surface area contributed by atoms with Crippen LogP contribution in [0.25, 0.3) is 0 Å². The Morgan fingerprint density at radius 3 is 2.72 bits per heavy atom. The number of nitrogens with zero attached hydrogens (tertiary/aromatic N) is 2. The number of aromatic nitrogens is 1. The van der Waals surface area contributed by atoms with E-state index in [-0.39, 0.29) is 4.88 Å². The molecule has 0 saturated carbocycles. The first-order valence-electron chi connectivity index (χ1n) is 5.11. The lowest BCUT2D eigenvalue weighted by atomic mass is 10.1. The summed E-state index contributed by atoms with van der Waals surface area (Å²) in [7, 11) is 0. The molecule has 0 aliphatic carbocycles. The average molecular weight is 259 g/mol. The highest BCUT2D eigenvalue weighted by Crippen LogP contribution is 2.22. The molecule has 90 valence electrons. The maximum absolute atomic E-state index is 10.7. The first-order valence-corrected chi connectivity index (χ1v) is 5.93. The molecule has 0 atom stereocenters. The molecular formula is C12H9N3O2S. The van der Waals surface area contributed by atoms with Crippen LogP contribution < -0.4 is 5.32 Å². The zero-order valence-corrected chi connectivity index (χ0v) is 10.1. The quantitative estimate of drug-likeness (QED) is 0.881. The molecule has 0 aliphatic rings. The van der Waals surface area contributed by atoms with Crippen LogP contribution in [-0.4, -0.2) is 16.1 Å². The number of nitriles is 1. The highest BCUT2D eigenvalue weighted by molar-refractivity contribution is 7.17. The first kappa shape index (κ1) is 12.1. The Morgan fingerprint density at radius 1 is 1.44 bits per heavy atom. The van der Waals surface area contributed by atoms with Gasteiger partial charge >= 0.3 is 5.97 Å². The Kier molecular flexibility index (Phi) is 3.55. The molecule has 0 spiro atoms. The van der Waals surface area contributed by atoms with Gasteiger partial charge in [0.05, 0.1) is 18.7 Å². The summed E-state index contributed by atoms with van der Waals surface area (Å²) >= 11 is 1.08. The lowest BCUT2D eigenvalue weighted by Crippen LogP contribution is -1.90. The molecule has 0 unspecified atom stereocenters. The van der Waals surface area contributed by atoms with Crippen molar-refractivity contribution in [3.63, 3.8) is 0 Å². The molecule has 5 nitrogen and oxygen atoms in total. The van der Waals surface area contributed by atoms with Gasteiger partial charge < -0.3 is 10.4 Å². The number of carboxylic acids is 1. The Bertz CT molecular complexity index is 599. The Morgan fingerprint density at radius 2 is 2.17 bits per heavy atom. The fourth-order valence-corrected chi connectivity index (χ4v) is 2.03. The van der Waals surface area contributed by atoms with Gasteiger partial charge in [-0.25, -0.2) is 9.78 Å². The second-order valence-corrected chi connectivity index (χ2v) is 4.52. The average Bonchev–Trinajstić information content (AvgIpc) is 2.81. The molecule has 18 heavy (non-hydrogen) atoms. The Labute approximate surface area is 107 Å². The lowest BCUT2D eigenvalue weighted by Gasteiger charge is -2.02. The third kappa shape index (κ3) is 2.84. The molecule has 0 radical (unpaired) electrons. The topological polar surface area (TPSA) is 86.0 Å². The lowest BCUT2D eigenvalue weighted by molar-refractivity contribution is 0.0702. The molecule has 1 aromatic carbocycles. The van der Waals surface area contributed by atoms with Gasteiger partial charge in [-0.2, -0.15) is 5.26 Å². The van der Waals surface area contributed by atoms with Crippen LogP contribution in [0.2, 0.25) is 0 Å². The van der Waals surface area contributed by atoms with Crippen LogP contribution in [0.3, 0.4) is 0 Å². The van der Waals surface area contributed by atoms with Gasteiger partial charge in [0, 0.05) is 5.69 Å². The number of benzene rings is 1. The predicted molar refractivity (Wildman–Crippen MR) is 68.1 cm³/mol. The van der Waals surface area contributed by atoms with Gasteiger partial charge in [-0.1, -0.05) is 23.5 Å². The van der Waals surface area contributed by atoms with Crippen molar-refractivity contribution in [3.05, 3.63) is 40.9 Å². The SMILES string of the molecule is N#CCc1ccc(Nc2ncc(C(=O)O)s2)cc1. The summed E-state index contributed by atoms with van der Waals surface area (Å²) in [6.07, 6.45) is 1.69. The molecule has 2 aromatic rings. The van der Waals surface area contributed by atoms with Crippen LogP contribution in [0, 0.1) is 11.3 Å². The largest absolute Gasteiger partial charge is 0.477 e. The zero-order valence-electron chi connectivity index (χ0n) is 9.25. The monoisotopic (exact) mass is 259 g/mol. The standard InChI is InChI=1S/C12H9N3O2S/c13-6-5-8-1-3-9(4-2-8)15-12-14-7-10(18-12)11(16)17/h1-4,7H,5H2,(H,14,15)(H,16,17). The molecule has 0 aliphatic heterocycles. The fourth-order valence-electron chi connectivity index (χ4n) is 1.35. The summed E-state index contributed by atoms with van der Waals surface area (Å²) in [5.74, 6) is -0.982. The van der Waals surface area contributed by atoms with Crippen LogP contribution in [-0.2, 0) is 6.42 Å². The second kappa shape index (κ2) is 5.29. The molecule has 1 heterocycles. The third-order valence-corrected chi connectivity index (χ3v) is 3.11. The number of hydrogen-bond donors (Lipinski definition) is 2. The number of thiazole rings is 1. The van der Waals surface area contributed by atoms with Gasteiger partial charge in [-0.3, -0.25) is 0 Å². The van der Waals surface area contributed by atoms with Crippen molar-refractivity contribution in [1.82, 2.24) is 4.98 Å². The van der Waals surface area contributed by atoms with Crippen molar-refractivity contribution < 1.29 is 9.90 Å². The van der Waals surface area contributed by atoms with Gasteiger partial charge in [0.1, 0.15) is 4.88 Å². The zero-order chi connectivity index (χ0) is 13.0. The number of carboxylic acid groups (broad SMARTS) is 1. The predicted octanol–water partition coefficient (Wildman–Crippen LogP) is 2.65. The minimum absolute atomic E-state index is 0.193. The Balaban J connectivity index is 2.08. The van der Waals surface area contributed by atoms with E-state index in [0.717, 1.165) is 22.6 Å². The van der Waals surface area contributed by atoms with Crippen molar-refractivity contribution in [2.45, 2.75) is 6.42 Å². The van der Waals surface area contributed by atoms with Gasteiger partial charge in [-0.05, 0) is 17.7 Å². The smallest absolute Gasteiger partial charge is 0.347 e. The summed E-state index contributed by atoms with van der Waals surface area (Å²) in [5.41, 5.74) is 1.75. The summed E-state index contributed by atoms with van der Waals surface area (Å²) < 4.78 is 0. The summed E-state index contributed by atoms with van der Waals surface area (Å²) in [4.78, 5) is 14.9. The van der Waals surface area contributed by atoms with Gasteiger partial charge in [-0.15, -0.1) is 0 Å². The summed E-state index contributed by atoms with van der Waals surface area (Å²) in [6, 6.07) is 9.42. The maximum atomic E-state index is 10.7. The number of anilines is 2. The van der Waals surface area contributed by atoms with Crippen molar-refractivity contribution in [3.8, 4) is 6.07 Å². The Hall–Kier alpha value is -2.39. The van der Waals surface area contributed by atoms with E-state index in [1.807, 2.05) is 24.3 Å². The van der Waals surface area contributed by atoms with Gasteiger partial charge in [0.2, 0.25) is 0 Å². The number of aromatic carboxylic acids is 1. The molecule has 2 N–H and O–H groups in total. The van der Waals surface area contributed by atoms with Crippen molar-refractivity contribution in [1.29, 1.82) is 5.26 Å². The van der Waals surface area contributed by atoms with Crippen LogP contribution in [0.5, 0.6) is 0 Å². The number of nitrogens with one attached hydrogen (secondary N) is 1. The molecule has 0 bridgehead atoms. The van der Waals surface area contributed by atoms with E-state index in [9.17, 15) is 4.79 Å². The van der Waals surface area contributed by atoms with E-state index >= 15 is 0 Å². The normalized spacial score (nSPS) is 9.72. The molecule has 2 rings (SSSR count). The summed E-state index contributed by atoms with van der Waals surface area (Å²) in [6.45, 7) is 0. The number of carbonyl (C=O) groups is 1. The van der Waals surface area contributed by atoms with E-state index in [1.165, 1.54) is 6.20 Å². The first-order chi connectivity index (χ1) is 8.69. The van der Waals surface area contributed by atoms with Gasteiger partial charge in [0.25, 0.3) is 0 Å². The molecule has 0 fully saturated rings. The molecule has 6 heteroatoms. The number of rotatable bonds is 4. The van der Waals surface area contributed by atoms with E-state index in [2.05, 4.69) is 16.4 Å². The van der Waals surface area contributed by atoms with Crippen molar-refractivity contribution in [2.75, 3.05) is 5.32 Å². The minimum Gasteiger partial charge on any atom is -0.477 e. The number of hydrogen-bond acceptors (Lipinski definition) is 5. The van der Waals surface area contributed by atoms with Crippen LogP contribution in [0.4, 0.5) is 10.8 Å². The molecule has 0 amide bonds. The third-order valence-electron chi connectivity index (χ3n) is 2.20. The fraction of sp³-hybridized carbons (Fsp3) is 0.0833. The van der Waals surface area contributed by atoms with Gasteiger partial charge in [0.15, 0.2) is 5.13 Å². The van der Waals surface area contributed by atoms with E-state index < -0.39 is 5.97 Å². The highest BCUT2D eigenvalue weighted by atomic mass is 32.1. The highest BCUT2D eigenvalue weighted by Gasteiger charge is 2.08.